The number of likely N-dealkylation sites (N-methyl/N-ethyl adjacent to an activating group) is 1. The fourth-order valence-electron chi connectivity index (χ4n) is 2.95. The molecule has 1 heterocycles. The van der Waals surface area contributed by atoms with Gasteiger partial charge in [-0.1, -0.05) is 13.8 Å². The van der Waals surface area contributed by atoms with Crippen molar-refractivity contribution in [1.82, 2.24) is 4.90 Å². The number of fused-ring (bicyclic) bond motifs is 1. The summed E-state index contributed by atoms with van der Waals surface area (Å²) >= 11 is 0. The lowest BCUT2D eigenvalue weighted by atomic mass is 9.90. The molecular formula is C16H23NO3. The minimum Gasteiger partial charge on any atom is -0.493 e. The van der Waals surface area contributed by atoms with Crippen LogP contribution in [-0.2, 0) is 13.0 Å². The first-order valence-corrected chi connectivity index (χ1v) is 7.36. The molecule has 110 valence electrons. The molecule has 0 saturated carbocycles. The van der Waals surface area contributed by atoms with Crippen LogP contribution in [0.1, 0.15) is 48.7 Å². The number of nitrogens with zero attached hydrogens (tertiary/aromatic N) is 1. The molecule has 1 atom stereocenters. The molecule has 1 aromatic rings. The number of benzene rings is 1. The zero-order valence-corrected chi connectivity index (χ0v) is 12.5. The third-order valence-corrected chi connectivity index (χ3v) is 4.05. The predicted molar refractivity (Wildman–Crippen MR) is 78.4 cm³/mol. The molecule has 4 heteroatoms. The van der Waals surface area contributed by atoms with E-state index >= 15 is 0 Å². The Hall–Kier alpha value is -1.55. The van der Waals surface area contributed by atoms with Gasteiger partial charge in [-0.3, -0.25) is 4.90 Å². The molecule has 20 heavy (non-hydrogen) atoms. The maximum Gasteiger partial charge on any atom is 0.339 e. The van der Waals surface area contributed by atoms with Crippen LogP contribution in [0.15, 0.2) is 12.1 Å². The number of carboxylic acid groups (broad SMARTS) is 1. The van der Waals surface area contributed by atoms with Crippen molar-refractivity contribution < 1.29 is 14.6 Å². The van der Waals surface area contributed by atoms with E-state index in [9.17, 15) is 9.90 Å². The van der Waals surface area contributed by atoms with Gasteiger partial charge in [0.05, 0.1) is 6.61 Å². The van der Waals surface area contributed by atoms with Gasteiger partial charge in [0.2, 0.25) is 0 Å². The molecule has 0 bridgehead atoms. The van der Waals surface area contributed by atoms with Crippen LogP contribution in [0, 0.1) is 0 Å². The third-order valence-electron chi connectivity index (χ3n) is 4.05. The van der Waals surface area contributed by atoms with Gasteiger partial charge < -0.3 is 9.84 Å². The number of aromatic carboxylic acids is 1. The monoisotopic (exact) mass is 277 g/mol. The Bertz CT molecular complexity index is 499. The van der Waals surface area contributed by atoms with Crippen LogP contribution < -0.4 is 4.74 Å². The molecule has 0 saturated heterocycles. The molecule has 1 aromatic carbocycles. The standard InChI is InChI=1S/C16H23NO3/c1-4-13-7-11-8-14(16(18)19)15(20-6-3)9-12(11)10-17(13)5-2/h8-9,13H,4-7,10H2,1-3H3,(H,18,19). The van der Waals surface area contributed by atoms with Crippen LogP contribution in [0.2, 0.25) is 0 Å². The van der Waals surface area contributed by atoms with E-state index in [0.717, 1.165) is 31.5 Å². The maximum atomic E-state index is 11.4. The molecule has 0 amide bonds. The van der Waals surface area contributed by atoms with Crippen molar-refractivity contribution in [3.63, 3.8) is 0 Å². The van der Waals surface area contributed by atoms with Gasteiger partial charge in [0.1, 0.15) is 11.3 Å². The van der Waals surface area contributed by atoms with E-state index in [1.807, 2.05) is 13.0 Å². The van der Waals surface area contributed by atoms with E-state index in [1.54, 1.807) is 6.07 Å². The van der Waals surface area contributed by atoms with Crippen LogP contribution in [0.4, 0.5) is 0 Å². The molecular weight excluding hydrogens is 254 g/mol. The van der Waals surface area contributed by atoms with Gasteiger partial charge in [0.25, 0.3) is 0 Å². The SMILES string of the molecule is CCOc1cc2c(cc1C(=O)O)CC(CC)N(CC)C2. The van der Waals surface area contributed by atoms with Gasteiger partial charge in [-0.25, -0.2) is 4.79 Å². The van der Waals surface area contributed by atoms with E-state index in [1.165, 1.54) is 5.56 Å². The predicted octanol–water partition coefficient (Wildman–Crippen LogP) is 2.94. The van der Waals surface area contributed by atoms with Crippen molar-refractivity contribution in [2.24, 2.45) is 0 Å². The second-order valence-corrected chi connectivity index (χ2v) is 5.18. The zero-order valence-electron chi connectivity index (χ0n) is 12.5. The zero-order chi connectivity index (χ0) is 14.7. The van der Waals surface area contributed by atoms with Crippen molar-refractivity contribution >= 4 is 5.97 Å². The summed E-state index contributed by atoms with van der Waals surface area (Å²) in [6, 6.07) is 4.22. The van der Waals surface area contributed by atoms with E-state index in [-0.39, 0.29) is 5.56 Å². The lowest BCUT2D eigenvalue weighted by molar-refractivity contribution is 0.0692. The molecule has 2 rings (SSSR count). The van der Waals surface area contributed by atoms with Gasteiger partial charge in [0.15, 0.2) is 0 Å². The molecule has 1 N–H and O–H groups in total. The molecule has 0 radical (unpaired) electrons. The number of carbonyl (C=O) groups is 1. The second kappa shape index (κ2) is 6.27. The van der Waals surface area contributed by atoms with Crippen LogP contribution >= 0.6 is 0 Å². The topological polar surface area (TPSA) is 49.8 Å². The summed E-state index contributed by atoms with van der Waals surface area (Å²) in [7, 11) is 0. The average Bonchev–Trinajstić information content (AvgIpc) is 2.45. The molecule has 1 aliphatic heterocycles. The van der Waals surface area contributed by atoms with Crippen molar-refractivity contribution in [2.75, 3.05) is 13.2 Å². The molecule has 0 aliphatic carbocycles. The van der Waals surface area contributed by atoms with Crippen molar-refractivity contribution in [1.29, 1.82) is 0 Å². The van der Waals surface area contributed by atoms with Gasteiger partial charge in [-0.05, 0) is 49.6 Å². The minimum absolute atomic E-state index is 0.283. The van der Waals surface area contributed by atoms with E-state index in [2.05, 4.69) is 18.7 Å². The summed E-state index contributed by atoms with van der Waals surface area (Å²) in [5.74, 6) is -0.424. The van der Waals surface area contributed by atoms with E-state index in [4.69, 9.17) is 4.74 Å². The lowest BCUT2D eigenvalue weighted by Crippen LogP contribution is -2.39. The second-order valence-electron chi connectivity index (χ2n) is 5.18. The summed E-state index contributed by atoms with van der Waals surface area (Å²) in [5.41, 5.74) is 2.64. The van der Waals surface area contributed by atoms with Gasteiger partial charge in [-0.15, -0.1) is 0 Å². The van der Waals surface area contributed by atoms with Crippen molar-refractivity contribution in [3.05, 3.63) is 28.8 Å². The number of rotatable bonds is 5. The van der Waals surface area contributed by atoms with E-state index in [0.29, 0.717) is 18.4 Å². The van der Waals surface area contributed by atoms with Gasteiger partial charge in [-0.2, -0.15) is 0 Å². The van der Waals surface area contributed by atoms with Crippen molar-refractivity contribution in [3.8, 4) is 5.75 Å². The lowest BCUT2D eigenvalue weighted by Gasteiger charge is -2.36. The molecule has 1 aliphatic rings. The molecule has 0 fully saturated rings. The van der Waals surface area contributed by atoms with Crippen LogP contribution in [0.3, 0.4) is 0 Å². The first-order chi connectivity index (χ1) is 9.60. The van der Waals surface area contributed by atoms with Crippen molar-refractivity contribution in [2.45, 2.75) is 46.2 Å². The summed E-state index contributed by atoms with van der Waals surface area (Å²) in [6.45, 7) is 8.60. The van der Waals surface area contributed by atoms with Gasteiger partial charge in [0, 0.05) is 12.6 Å². The highest BCUT2D eigenvalue weighted by molar-refractivity contribution is 5.91. The third kappa shape index (κ3) is 2.80. The molecule has 1 unspecified atom stereocenters. The molecule has 0 aromatic heterocycles. The Kier molecular flexibility index (Phi) is 4.65. The molecule has 4 nitrogen and oxygen atoms in total. The fourth-order valence-corrected chi connectivity index (χ4v) is 2.95. The number of hydrogen-bond acceptors (Lipinski definition) is 3. The Morgan fingerprint density at radius 3 is 2.65 bits per heavy atom. The molecule has 0 spiro atoms. The number of hydrogen-bond donors (Lipinski definition) is 1. The fraction of sp³-hybridized carbons (Fsp3) is 0.562. The Balaban J connectivity index is 2.41. The first-order valence-electron chi connectivity index (χ1n) is 7.36. The highest BCUT2D eigenvalue weighted by Gasteiger charge is 2.26. The van der Waals surface area contributed by atoms with E-state index < -0.39 is 5.97 Å². The first kappa shape index (κ1) is 14.9. The summed E-state index contributed by atoms with van der Waals surface area (Å²) in [6.07, 6.45) is 2.01. The van der Waals surface area contributed by atoms with Crippen LogP contribution in [0.5, 0.6) is 5.75 Å². The Morgan fingerprint density at radius 2 is 2.10 bits per heavy atom. The normalized spacial score (nSPS) is 18.6. The average molecular weight is 277 g/mol. The summed E-state index contributed by atoms with van der Waals surface area (Å²) in [4.78, 5) is 13.8. The largest absolute Gasteiger partial charge is 0.493 e. The Labute approximate surface area is 120 Å². The smallest absolute Gasteiger partial charge is 0.339 e. The highest BCUT2D eigenvalue weighted by Crippen LogP contribution is 2.31. The summed E-state index contributed by atoms with van der Waals surface area (Å²) < 4.78 is 5.49. The maximum absolute atomic E-state index is 11.4. The Morgan fingerprint density at radius 1 is 1.35 bits per heavy atom. The highest BCUT2D eigenvalue weighted by atomic mass is 16.5. The van der Waals surface area contributed by atoms with Crippen LogP contribution in [0.25, 0.3) is 0 Å². The minimum atomic E-state index is -0.915. The van der Waals surface area contributed by atoms with Gasteiger partial charge >= 0.3 is 5.97 Å². The quantitative estimate of drug-likeness (QED) is 0.899. The number of ether oxygens (including phenoxy) is 1. The van der Waals surface area contributed by atoms with Crippen LogP contribution in [-0.4, -0.2) is 35.2 Å². The summed E-state index contributed by atoms with van der Waals surface area (Å²) in [5, 5.41) is 9.32. The number of carboxylic acids is 1.